The van der Waals surface area contributed by atoms with Gasteiger partial charge < -0.3 is 10.2 Å². The lowest BCUT2D eigenvalue weighted by Crippen LogP contribution is -2.51. The number of carbonyl (C=O) groups excluding carboxylic acids is 1. The highest BCUT2D eigenvalue weighted by Gasteiger charge is 2.21. The van der Waals surface area contributed by atoms with E-state index in [2.05, 4.69) is 12.2 Å². The molecule has 2 aromatic rings. The first-order chi connectivity index (χ1) is 11.0. The summed E-state index contributed by atoms with van der Waals surface area (Å²) in [6.07, 6.45) is 0. The Labute approximate surface area is 140 Å². The molecule has 3 nitrogen and oxygen atoms in total. The number of nitrogens with zero attached hydrogens (tertiary/aromatic N) is 1. The molecule has 0 spiro atoms. The van der Waals surface area contributed by atoms with Gasteiger partial charge >= 0.3 is 0 Å². The fourth-order valence-corrected chi connectivity index (χ4v) is 2.97. The van der Waals surface area contributed by atoms with Crippen molar-refractivity contribution < 1.29 is 9.18 Å². The van der Waals surface area contributed by atoms with Crippen LogP contribution in [0, 0.1) is 5.82 Å². The Morgan fingerprint density at radius 3 is 2.65 bits per heavy atom. The molecule has 1 N–H and O–H groups in total. The Morgan fingerprint density at radius 1 is 1.26 bits per heavy atom. The van der Waals surface area contributed by atoms with Crippen LogP contribution in [0.3, 0.4) is 0 Å². The highest BCUT2D eigenvalue weighted by atomic mass is 35.5. The summed E-state index contributed by atoms with van der Waals surface area (Å²) in [4.78, 5) is 14.4. The second-order valence-corrected chi connectivity index (χ2v) is 6.24. The van der Waals surface area contributed by atoms with Crippen LogP contribution in [-0.4, -0.2) is 36.5 Å². The lowest BCUT2D eigenvalue weighted by molar-refractivity contribution is 0.0709. The lowest BCUT2D eigenvalue weighted by Gasteiger charge is -2.32. The van der Waals surface area contributed by atoms with Crippen molar-refractivity contribution in [2.24, 2.45) is 0 Å². The molecule has 1 saturated heterocycles. The highest BCUT2D eigenvalue weighted by molar-refractivity contribution is 6.30. The fraction of sp³-hybridized carbons (Fsp3) is 0.278. The van der Waals surface area contributed by atoms with Crippen LogP contribution in [0.15, 0.2) is 42.5 Å². The van der Waals surface area contributed by atoms with Gasteiger partial charge in [-0.3, -0.25) is 4.79 Å². The molecule has 1 fully saturated rings. The molecule has 23 heavy (non-hydrogen) atoms. The van der Waals surface area contributed by atoms with E-state index in [4.69, 9.17) is 11.6 Å². The summed E-state index contributed by atoms with van der Waals surface area (Å²) < 4.78 is 14.0. The van der Waals surface area contributed by atoms with Crippen LogP contribution >= 0.6 is 11.6 Å². The number of piperazine rings is 1. The van der Waals surface area contributed by atoms with Gasteiger partial charge in [0.15, 0.2) is 0 Å². The molecule has 1 atom stereocenters. The van der Waals surface area contributed by atoms with E-state index in [9.17, 15) is 9.18 Å². The van der Waals surface area contributed by atoms with E-state index in [0.717, 1.165) is 12.1 Å². The zero-order valence-corrected chi connectivity index (χ0v) is 13.6. The number of hydrogen-bond donors (Lipinski definition) is 1. The molecule has 0 unspecified atom stereocenters. The van der Waals surface area contributed by atoms with E-state index in [0.29, 0.717) is 35.3 Å². The van der Waals surface area contributed by atoms with Crippen molar-refractivity contribution in [3.63, 3.8) is 0 Å². The summed E-state index contributed by atoms with van der Waals surface area (Å²) in [5.41, 5.74) is 1.82. The molecule has 3 rings (SSSR count). The van der Waals surface area contributed by atoms with Gasteiger partial charge in [-0.1, -0.05) is 23.7 Å². The highest BCUT2D eigenvalue weighted by Crippen LogP contribution is 2.25. The average molecular weight is 333 g/mol. The number of rotatable bonds is 2. The first-order valence-electron chi connectivity index (χ1n) is 7.63. The van der Waals surface area contributed by atoms with Crippen molar-refractivity contribution in [2.45, 2.75) is 13.0 Å². The lowest BCUT2D eigenvalue weighted by atomic mass is 10.0. The van der Waals surface area contributed by atoms with Crippen LogP contribution in [0.1, 0.15) is 17.3 Å². The first-order valence-corrected chi connectivity index (χ1v) is 8.00. The molecular weight excluding hydrogens is 315 g/mol. The smallest absolute Gasteiger partial charge is 0.253 e. The minimum atomic E-state index is -0.368. The molecule has 0 saturated carbocycles. The molecule has 2 aromatic carbocycles. The van der Waals surface area contributed by atoms with Crippen LogP contribution in [-0.2, 0) is 0 Å². The zero-order valence-electron chi connectivity index (χ0n) is 12.9. The van der Waals surface area contributed by atoms with E-state index in [1.165, 1.54) is 6.07 Å². The van der Waals surface area contributed by atoms with Gasteiger partial charge in [-0.2, -0.15) is 0 Å². The van der Waals surface area contributed by atoms with Crippen LogP contribution < -0.4 is 5.32 Å². The van der Waals surface area contributed by atoms with Gasteiger partial charge in [-0.05, 0) is 42.8 Å². The normalized spacial score (nSPS) is 18.0. The molecule has 0 radical (unpaired) electrons. The first kappa shape index (κ1) is 16.0. The third-order valence-corrected chi connectivity index (χ3v) is 4.27. The number of amides is 1. The number of nitrogens with one attached hydrogen (secondary N) is 1. The number of hydrogen-bond acceptors (Lipinski definition) is 2. The molecule has 0 aromatic heterocycles. The summed E-state index contributed by atoms with van der Waals surface area (Å²) in [6.45, 7) is 4.27. The van der Waals surface area contributed by atoms with Crippen molar-refractivity contribution >= 4 is 17.5 Å². The van der Waals surface area contributed by atoms with E-state index in [1.54, 1.807) is 36.4 Å². The van der Waals surface area contributed by atoms with E-state index < -0.39 is 0 Å². The number of halogens is 2. The Morgan fingerprint density at radius 2 is 2.00 bits per heavy atom. The Balaban J connectivity index is 1.80. The van der Waals surface area contributed by atoms with E-state index in [1.807, 2.05) is 4.90 Å². The van der Waals surface area contributed by atoms with Crippen LogP contribution in [0.4, 0.5) is 4.39 Å². The van der Waals surface area contributed by atoms with Gasteiger partial charge in [0.25, 0.3) is 5.91 Å². The third kappa shape index (κ3) is 3.54. The summed E-state index contributed by atoms with van der Waals surface area (Å²) >= 11 is 5.77. The number of carbonyl (C=O) groups is 1. The maximum absolute atomic E-state index is 14.0. The van der Waals surface area contributed by atoms with Gasteiger partial charge in [0.1, 0.15) is 5.82 Å². The molecule has 5 heteroatoms. The molecule has 1 heterocycles. The van der Waals surface area contributed by atoms with Gasteiger partial charge in [0.2, 0.25) is 0 Å². The number of benzene rings is 2. The Kier molecular flexibility index (Phi) is 4.64. The summed E-state index contributed by atoms with van der Waals surface area (Å²) in [6, 6.07) is 11.9. The topological polar surface area (TPSA) is 32.3 Å². The molecule has 0 aliphatic carbocycles. The maximum Gasteiger partial charge on any atom is 0.253 e. The second-order valence-electron chi connectivity index (χ2n) is 5.81. The van der Waals surface area contributed by atoms with Crippen molar-refractivity contribution in [2.75, 3.05) is 19.6 Å². The Bertz CT molecular complexity index is 717. The predicted octanol–water partition coefficient (Wildman–Crippen LogP) is 3.58. The van der Waals surface area contributed by atoms with Crippen molar-refractivity contribution in [3.8, 4) is 11.1 Å². The minimum Gasteiger partial charge on any atom is -0.336 e. The monoisotopic (exact) mass is 332 g/mol. The van der Waals surface area contributed by atoms with Gasteiger partial charge in [0.05, 0.1) is 0 Å². The van der Waals surface area contributed by atoms with Gasteiger partial charge in [0, 0.05) is 41.8 Å². The summed E-state index contributed by atoms with van der Waals surface area (Å²) in [7, 11) is 0. The van der Waals surface area contributed by atoms with Gasteiger partial charge in [-0.15, -0.1) is 0 Å². The molecule has 0 bridgehead atoms. The minimum absolute atomic E-state index is 0.0153. The average Bonchev–Trinajstić information content (AvgIpc) is 2.54. The summed E-state index contributed by atoms with van der Waals surface area (Å²) in [5, 5.41) is 3.68. The van der Waals surface area contributed by atoms with E-state index in [-0.39, 0.29) is 11.7 Å². The van der Waals surface area contributed by atoms with Crippen molar-refractivity contribution in [1.82, 2.24) is 10.2 Å². The van der Waals surface area contributed by atoms with E-state index >= 15 is 0 Å². The molecule has 120 valence electrons. The second kappa shape index (κ2) is 6.69. The molecular formula is C18H18ClFN2O. The summed E-state index contributed by atoms with van der Waals surface area (Å²) in [5.74, 6) is -0.353. The Hall–Kier alpha value is -1.91. The predicted molar refractivity (Wildman–Crippen MR) is 90.2 cm³/mol. The third-order valence-electron chi connectivity index (χ3n) is 4.03. The molecule has 1 aliphatic heterocycles. The molecule has 1 amide bonds. The zero-order chi connectivity index (χ0) is 16.4. The van der Waals surface area contributed by atoms with Crippen LogP contribution in [0.2, 0.25) is 5.02 Å². The van der Waals surface area contributed by atoms with Crippen LogP contribution in [0.25, 0.3) is 11.1 Å². The SMILES string of the molecule is C[C@H]1CN(C(=O)c2ccc(-c3ccc(Cl)cc3F)cc2)CCN1. The van der Waals surface area contributed by atoms with Gasteiger partial charge in [-0.25, -0.2) is 4.39 Å². The quantitative estimate of drug-likeness (QED) is 0.911. The standard InChI is InChI=1S/C18H18ClFN2O/c1-12-11-22(9-8-21-12)18(23)14-4-2-13(3-5-14)16-7-6-15(19)10-17(16)20/h2-7,10,12,21H,8-9,11H2,1H3/t12-/m0/s1. The van der Waals surface area contributed by atoms with Crippen molar-refractivity contribution in [1.29, 1.82) is 0 Å². The molecule has 1 aliphatic rings. The fourth-order valence-electron chi connectivity index (χ4n) is 2.82. The maximum atomic E-state index is 14.0. The largest absolute Gasteiger partial charge is 0.336 e. The van der Waals surface area contributed by atoms with Crippen LogP contribution in [0.5, 0.6) is 0 Å². The van der Waals surface area contributed by atoms with Crippen molar-refractivity contribution in [3.05, 3.63) is 58.9 Å².